The fraction of sp³-hybridized carbons (Fsp3) is 0.632. The van der Waals surface area contributed by atoms with Gasteiger partial charge in [0, 0.05) is 23.9 Å². The van der Waals surface area contributed by atoms with Crippen LogP contribution in [0.1, 0.15) is 113 Å². The van der Waals surface area contributed by atoms with Gasteiger partial charge in [-0.3, -0.25) is 0 Å². The molecular weight excluding hydrogens is 564 g/mol. The van der Waals surface area contributed by atoms with Gasteiger partial charge in [-0.05, 0) is 112 Å². The van der Waals surface area contributed by atoms with Crippen molar-refractivity contribution in [3.8, 4) is 0 Å². The normalized spacial score (nSPS) is 12.4. The van der Waals surface area contributed by atoms with Crippen LogP contribution in [0.5, 0.6) is 0 Å². The van der Waals surface area contributed by atoms with Crippen LogP contribution in [-0.4, -0.2) is 71.2 Å². The Bertz CT molecular complexity index is 1380. The third-order valence-electron chi connectivity index (χ3n) is 8.90. The first-order valence-corrected chi connectivity index (χ1v) is 17.2. The summed E-state index contributed by atoms with van der Waals surface area (Å²) in [7, 11) is 0. The Morgan fingerprint density at radius 2 is 1.11 bits per heavy atom. The van der Waals surface area contributed by atoms with Crippen LogP contribution in [0.25, 0.3) is 21.9 Å². The number of para-hydroxylation sites is 1. The van der Waals surface area contributed by atoms with Gasteiger partial charge >= 0.3 is 11.9 Å². The highest BCUT2D eigenvalue weighted by atomic mass is 16.4. The highest BCUT2D eigenvalue weighted by Gasteiger charge is 2.25. The van der Waals surface area contributed by atoms with Crippen molar-refractivity contribution in [1.29, 1.82) is 0 Å². The number of hydrogen-bond donors (Lipinski definition) is 2. The first-order chi connectivity index (χ1) is 21.3. The van der Waals surface area contributed by atoms with Gasteiger partial charge in [0.1, 0.15) is 22.3 Å². The zero-order valence-electron chi connectivity index (χ0n) is 29.1. The molecule has 1 aromatic heterocycles. The summed E-state index contributed by atoms with van der Waals surface area (Å²) in [6.07, 6.45) is 5.95. The van der Waals surface area contributed by atoms with E-state index < -0.39 is 11.9 Å². The maximum Gasteiger partial charge on any atom is 0.339 e. The Balaban J connectivity index is 2.14. The van der Waals surface area contributed by atoms with Crippen LogP contribution in [0.15, 0.2) is 28.7 Å². The quantitative estimate of drug-likeness (QED) is 0.130. The number of carbonyl (C=O) groups is 2. The molecular formula is C38H58N2O5. The zero-order chi connectivity index (χ0) is 33.3. The second kappa shape index (κ2) is 17.1. The van der Waals surface area contributed by atoms with Crippen LogP contribution in [0.4, 0.5) is 0 Å². The molecule has 2 aromatic carbocycles. The lowest BCUT2D eigenvalue weighted by Gasteiger charge is -2.26. The number of furan rings is 1. The smallest absolute Gasteiger partial charge is 0.339 e. The first kappa shape index (κ1) is 36.6. The average Bonchev–Trinajstić information content (AvgIpc) is 3.35. The van der Waals surface area contributed by atoms with Gasteiger partial charge in [-0.25, -0.2) is 9.59 Å². The molecule has 3 aromatic rings. The van der Waals surface area contributed by atoms with Gasteiger partial charge < -0.3 is 24.4 Å². The second-order valence-electron chi connectivity index (χ2n) is 14.6. The van der Waals surface area contributed by atoms with Crippen LogP contribution in [-0.2, 0) is 12.8 Å². The van der Waals surface area contributed by atoms with Crippen molar-refractivity contribution in [2.75, 3.05) is 39.3 Å². The molecule has 0 aliphatic heterocycles. The monoisotopic (exact) mass is 622 g/mol. The lowest BCUT2D eigenvalue weighted by atomic mass is 9.92. The number of carboxylic acids is 2. The van der Waals surface area contributed by atoms with Crippen molar-refractivity contribution in [1.82, 2.24) is 9.80 Å². The van der Waals surface area contributed by atoms with E-state index in [2.05, 4.69) is 65.2 Å². The Labute approximate surface area is 271 Å². The van der Waals surface area contributed by atoms with E-state index in [0.29, 0.717) is 29.1 Å². The van der Waals surface area contributed by atoms with Gasteiger partial charge in [0.15, 0.2) is 0 Å². The Hall–Kier alpha value is -2.90. The molecule has 7 nitrogen and oxygen atoms in total. The predicted octanol–water partition coefficient (Wildman–Crippen LogP) is 8.86. The molecule has 0 saturated heterocycles. The third-order valence-corrected chi connectivity index (χ3v) is 8.90. The van der Waals surface area contributed by atoms with Crippen molar-refractivity contribution in [2.45, 2.75) is 93.9 Å². The van der Waals surface area contributed by atoms with Crippen LogP contribution in [0.3, 0.4) is 0 Å². The maximum absolute atomic E-state index is 12.6. The fourth-order valence-corrected chi connectivity index (χ4v) is 5.91. The number of carboxylic acid groups (broad SMARTS) is 2. The SMILES string of the molecule is CC(C)CCN(CCc1cc(C(=O)O)c2oc3c(C(=O)O)cccc3c2c1CCN(CCC(C)C)CCC(C)C)CCC(C)C. The van der Waals surface area contributed by atoms with Crippen LogP contribution in [0.2, 0.25) is 0 Å². The molecule has 7 heteroatoms. The molecule has 0 aliphatic carbocycles. The third kappa shape index (κ3) is 10.6. The summed E-state index contributed by atoms with van der Waals surface area (Å²) in [4.78, 5) is 29.8. The Kier molecular flexibility index (Phi) is 13.9. The number of aromatic carboxylic acids is 2. The fourth-order valence-electron chi connectivity index (χ4n) is 5.91. The number of fused-ring (bicyclic) bond motifs is 3. The standard InChI is InChI=1S/C38H58N2O5/c1-25(2)12-18-39(19-13-26(3)4)22-16-29-24-33(38(43)44)36-34(31-10-9-11-32(37(41)42)35(31)45-36)30(29)17-23-40(20-14-27(5)6)21-15-28(7)8/h9-11,24-28H,12-23H2,1-8H3,(H,41,42)(H,43,44). The van der Waals surface area contributed by atoms with E-state index in [0.717, 1.165) is 94.3 Å². The molecule has 3 rings (SSSR count). The van der Waals surface area contributed by atoms with Crippen LogP contribution in [0, 0.1) is 23.7 Å². The highest BCUT2D eigenvalue weighted by Crippen LogP contribution is 2.38. The van der Waals surface area contributed by atoms with Crippen molar-refractivity contribution in [2.24, 2.45) is 23.7 Å². The molecule has 0 amide bonds. The van der Waals surface area contributed by atoms with Crippen LogP contribution < -0.4 is 0 Å². The maximum atomic E-state index is 12.6. The summed E-state index contributed by atoms with van der Waals surface area (Å²) < 4.78 is 6.17. The van der Waals surface area contributed by atoms with Gasteiger partial charge in [-0.1, -0.05) is 67.5 Å². The molecule has 45 heavy (non-hydrogen) atoms. The number of benzene rings is 2. The zero-order valence-corrected chi connectivity index (χ0v) is 29.1. The van der Waals surface area contributed by atoms with E-state index in [9.17, 15) is 19.8 Å². The van der Waals surface area contributed by atoms with Crippen molar-refractivity contribution in [3.63, 3.8) is 0 Å². The molecule has 0 bridgehead atoms. The molecule has 0 spiro atoms. The van der Waals surface area contributed by atoms with Gasteiger partial charge in [0.25, 0.3) is 0 Å². The lowest BCUT2D eigenvalue weighted by Crippen LogP contribution is -2.31. The molecule has 250 valence electrons. The first-order valence-electron chi connectivity index (χ1n) is 17.2. The Morgan fingerprint density at radius 3 is 1.56 bits per heavy atom. The minimum absolute atomic E-state index is 0.0524. The minimum atomic E-state index is -1.09. The number of nitrogens with zero attached hydrogens (tertiary/aromatic N) is 2. The van der Waals surface area contributed by atoms with Crippen LogP contribution >= 0.6 is 0 Å². The summed E-state index contributed by atoms with van der Waals surface area (Å²) in [6.45, 7) is 23.8. The molecule has 0 fully saturated rings. The number of rotatable bonds is 20. The van der Waals surface area contributed by atoms with Crippen molar-refractivity contribution in [3.05, 3.63) is 46.5 Å². The average molecular weight is 623 g/mol. The minimum Gasteiger partial charge on any atom is -0.478 e. The summed E-state index contributed by atoms with van der Waals surface area (Å²) in [5.41, 5.74) is 2.78. The molecule has 0 atom stereocenters. The second-order valence-corrected chi connectivity index (χ2v) is 14.6. The van der Waals surface area contributed by atoms with Crippen molar-refractivity contribution < 1.29 is 24.2 Å². The number of hydrogen-bond acceptors (Lipinski definition) is 5. The summed E-state index contributed by atoms with van der Waals surface area (Å²) >= 11 is 0. The van der Waals surface area contributed by atoms with Gasteiger partial charge in [0.05, 0.1) is 0 Å². The van der Waals surface area contributed by atoms with E-state index in [1.165, 1.54) is 6.07 Å². The molecule has 0 radical (unpaired) electrons. The molecule has 2 N–H and O–H groups in total. The van der Waals surface area contributed by atoms with E-state index in [4.69, 9.17) is 4.42 Å². The molecule has 1 heterocycles. The molecule has 0 aliphatic rings. The van der Waals surface area contributed by atoms with Gasteiger partial charge in [-0.15, -0.1) is 0 Å². The van der Waals surface area contributed by atoms with Gasteiger partial charge in [0.2, 0.25) is 0 Å². The Morgan fingerprint density at radius 1 is 0.644 bits per heavy atom. The van der Waals surface area contributed by atoms with E-state index in [-0.39, 0.29) is 22.3 Å². The molecule has 0 unspecified atom stereocenters. The van der Waals surface area contributed by atoms with Crippen molar-refractivity contribution >= 4 is 33.9 Å². The van der Waals surface area contributed by atoms with E-state index >= 15 is 0 Å². The predicted molar refractivity (Wildman–Crippen MR) is 186 cm³/mol. The summed E-state index contributed by atoms with van der Waals surface area (Å²) in [6, 6.07) is 6.93. The largest absolute Gasteiger partial charge is 0.478 e. The van der Waals surface area contributed by atoms with E-state index in [1.54, 1.807) is 12.1 Å². The van der Waals surface area contributed by atoms with E-state index in [1.807, 2.05) is 6.07 Å². The topological polar surface area (TPSA) is 94.2 Å². The highest BCUT2D eigenvalue weighted by molar-refractivity contribution is 6.17. The molecule has 0 saturated carbocycles. The summed E-state index contributed by atoms with van der Waals surface area (Å²) in [5, 5.41) is 21.7. The van der Waals surface area contributed by atoms with Gasteiger partial charge in [-0.2, -0.15) is 0 Å². The summed E-state index contributed by atoms with van der Waals surface area (Å²) in [5.74, 6) is 0.298. The lowest BCUT2D eigenvalue weighted by molar-refractivity contribution is 0.0688.